The van der Waals surface area contributed by atoms with E-state index >= 15 is 0 Å². The van der Waals surface area contributed by atoms with Gasteiger partial charge in [0.25, 0.3) is 0 Å². The molecule has 4 heteroatoms. The Morgan fingerprint density at radius 1 is 1.14 bits per heavy atom. The first kappa shape index (κ1) is 14.4. The average Bonchev–Trinajstić information content (AvgIpc) is 2.56. The van der Waals surface area contributed by atoms with Gasteiger partial charge in [-0.25, -0.2) is 0 Å². The van der Waals surface area contributed by atoms with Gasteiger partial charge in [-0.15, -0.1) is 0 Å². The van der Waals surface area contributed by atoms with Crippen LogP contribution in [0.2, 0.25) is 0 Å². The minimum Gasteiger partial charge on any atom is -0.369 e. The number of hydrogen-bond acceptors (Lipinski definition) is 4. The number of anilines is 1. The predicted molar refractivity (Wildman–Crippen MR) is 85.4 cm³/mol. The molecule has 1 aromatic rings. The first-order valence-electron chi connectivity index (χ1n) is 7.98. The fourth-order valence-electron chi connectivity index (χ4n) is 3.60. The Balaban J connectivity index is 1.58. The number of piperidine rings is 1. The number of nitrogens with one attached hydrogen (secondary N) is 1. The molecule has 112 valence electrons. The summed E-state index contributed by atoms with van der Waals surface area (Å²) in [7, 11) is 0. The summed E-state index contributed by atoms with van der Waals surface area (Å²) in [6.07, 6.45) is 1.28. The summed E-state index contributed by atoms with van der Waals surface area (Å²) in [6, 6.07) is 10.9. The summed E-state index contributed by atoms with van der Waals surface area (Å²) >= 11 is 0. The van der Waals surface area contributed by atoms with Crippen LogP contribution in [0, 0.1) is 17.2 Å². The van der Waals surface area contributed by atoms with E-state index in [-0.39, 0.29) is 0 Å². The van der Waals surface area contributed by atoms with Crippen LogP contribution in [0.4, 0.5) is 5.69 Å². The molecule has 0 amide bonds. The van der Waals surface area contributed by atoms with Crippen LogP contribution in [0.25, 0.3) is 0 Å². The van der Waals surface area contributed by atoms with Crippen molar-refractivity contribution in [3.63, 3.8) is 0 Å². The van der Waals surface area contributed by atoms with E-state index < -0.39 is 0 Å². The number of nitriles is 1. The second kappa shape index (κ2) is 6.46. The Morgan fingerprint density at radius 2 is 1.86 bits per heavy atom. The summed E-state index contributed by atoms with van der Waals surface area (Å²) < 4.78 is 0. The van der Waals surface area contributed by atoms with Crippen molar-refractivity contribution in [1.29, 1.82) is 5.26 Å². The van der Waals surface area contributed by atoms with Crippen LogP contribution >= 0.6 is 0 Å². The maximum absolute atomic E-state index is 8.87. The van der Waals surface area contributed by atoms with Crippen molar-refractivity contribution in [3.8, 4) is 6.07 Å². The van der Waals surface area contributed by atoms with Crippen LogP contribution in [0.15, 0.2) is 24.3 Å². The van der Waals surface area contributed by atoms with Gasteiger partial charge in [-0.1, -0.05) is 6.92 Å². The highest BCUT2D eigenvalue weighted by atomic mass is 15.3. The zero-order valence-corrected chi connectivity index (χ0v) is 12.8. The summed E-state index contributed by atoms with van der Waals surface area (Å²) in [5.41, 5.74) is 1.98. The molecule has 4 nitrogen and oxygen atoms in total. The Bertz CT molecular complexity index is 497. The number of nitrogens with zero attached hydrogens (tertiary/aromatic N) is 3. The van der Waals surface area contributed by atoms with Crippen LogP contribution < -0.4 is 10.2 Å². The molecule has 1 aromatic carbocycles. The van der Waals surface area contributed by atoms with Crippen molar-refractivity contribution in [2.75, 3.05) is 44.2 Å². The summed E-state index contributed by atoms with van der Waals surface area (Å²) in [4.78, 5) is 5.11. The zero-order valence-electron chi connectivity index (χ0n) is 12.8. The minimum absolute atomic E-state index is 0.737. The van der Waals surface area contributed by atoms with Crippen molar-refractivity contribution in [3.05, 3.63) is 29.8 Å². The molecule has 2 aliphatic heterocycles. The lowest BCUT2D eigenvalue weighted by atomic mass is 9.93. The van der Waals surface area contributed by atoms with E-state index in [1.807, 2.05) is 12.1 Å². The molecule has 21 heavy (non-hydrogen) atoms. The predicted octanol–water partition coefficient (Wildman–Crippen LogP) is 1.68. The standard InChI is InChI=1S/C17H24N4/c1-14-13-19-7-6-17(14)21-10-8-20(9-11-21)16-4-2-15(12-18)3-5-16/h2-5,14,17,19H,6-11,13H2,1H3/t14-,17+/m1/s1. The van der Waals surface area contributed by atoms with Crippen molar-refractivity contribution < 1.29 is 0 Å². The molecule has 0 radical (unpaired) electrons. The normalized spacial score (nSPS) is 27.3. The molecule has 0 aromatic heterocycles. The highest BCUT2D eigenvalue weighted by Gasteiger charge is 2.29. The molecule has 0 unspecified atom stereocenters. The first-order valence-corrected chi connectivity index (χ1v) is 7.98. The van der Waals surface area contributed by atoms with Crippen LogP contribution in [-0.2, 0) is 0 Å². The molecule has 2 saturated heterocycles. The topological polar surface area (TPSA) is 42.3 Å². The van der Waals surface area contributed by atoms with Crippen LogP contribution in [0.5, 0.6) is 0 Å². The van der Waals surface area contributed by atoms with Gasteiger partial charge >= 0.3 is 0 Å². The smallest absolute Gasteiger partial charge is 0.0991 e. The fraction of sp³-hybridized carbons (Fsp3) is 0.588. The van der Waals surface area contributed by atoms with Gasteiger partial charge in [0.15, 0.2) is 0 Å². The average molecular weight is 284 g/mol. The molecule has 3 rings (SSSR count). The van der Waals surface area contributed by atoms with Gasteiger partial charge in [0.2, 0.25) is 0 Å². The molecule has 0 aliphatic carbocycles. The van der Waals surface area contributed by atoms with Gasteiger partial charge in [-0.05, 0) is 49.7 Å². The van der Waals surface area contributed by atoms with Gasteiger partial charge in [-0.3, -0.25) is 4.90 Å². The van der Waals surface area contributed by atoms with E-state index in [4.69, 9.17) is 5.26 Å². The highest BCUT2D eigenvalue weighted by Crippen LogP contribution is 2.22. The second-order valence-electron chi connectivity index (χ2n) is 6.22. The molecule has 2 fully saturated rings. The Morgan fingerprint density at radius 3 is 2.48 bits per heavy atom. The lowest BCUT2D eigenvalue weighted by Crippen LogP contribution is -2.55. The number of piperazine rings is 1. The molecule has 0 saturated carbocycles. The monoisotopic (exact) mass is 284 g/mol. The third-order valence-electron chi connectivity index (χ3n) is 4.88. The van der Waals surface area contributed by atoms with Gasteiger partial charge in [0.1, 0.15) is 0 Å². The third-order valence-corrected chi connectivity index (χ3v) is 4.88. The molecule has 2 aliphatic rings. The summed E-state index contributed by atoms with van der Waals surface area (Å²) in [5.74, 6) is 0.750. The van der Waals surface area contributed by atoms with E-state index in [1.165, 1.54) is 12.1 Å². The second-order valence-corrected chi connectivity index (χ2v) is 6.22. The highest BCUT2D eigenvalue weighted by molar-refractivity contribution is 5.50. The van der Waals surface area contributed by atoms with E-state index in [0.717, 1.165) is 56.8 Å². The Kier molecular flexibility index (Phi) is 4.42. The maximum Gasteiger partial charge on any atom is 0.0991 e. The maximum atomic E-state index is 8.87. The Hall–Kier alpha value is -1.57. The van der Waals surface area contributed by atoms with E-state index in [9.17, 15) is 0 Å². The van der Waals surface area contributed by atoms with Crippen molar-refractivity contribution in [2.45, 2.75) is 19.4 Å². The molecule has 0 bridgehead atoms. The van der Waals surface area contributed by atoms with Crippen LogP contribution in [0.1, 0.15) is 18.9 Å². The number of rotatable bonds is 2. The van der Waals surface area contributed by atoms with E-state index in [1.54, 1.807) is 0 Å². The van der Waals surface area contributed by atoms with Crippen LogP contribution in [0.3, 0.4) is 0 Å². The Labute approximate surface area is 127 Å². The van der Waals surface area contributed by atoms with Crippen LogP contribution in [-0.4, -0.2) is 50.2 Å². The SMILES string of the molecule is C[C@@H]1CNCC[C@@H]1N1CCN(c2ccc(C#N)cc2)CC1. The van der Waals surface area contributed by atoms with Gasteiger partial charge in [-0.2, -0.15) is 5.26 Å². The zero-order chi connectivity index (χ0) is 14.7. The van der Waals surface area contributed by atoms with Crippen molar-refractivity contribution in [2.24, 2.45) is 5.92 Å². The van der Waals surface area contributed by atoms with Gasteiger partial charge in [0.05, 0.1) is 11.6 Å². The number of benzene rings is 1. The molecular formula is C17H24N4. The lowest BCUT2D eigenvalue weighted by Gasteiger charge is -2.44. The van der Waals surface area contributed by atoms with Gasteiger partial charge in [0, 0.05) is 37.9 Å². The molecule has 2 heterocycles. The minimum atomic E-state index is 0.737. The fourth-order valence-corrected chi connectivity index (χ4v) is 3.60. The van der Waals surface area contributed by atoms with E-state index in [0.29, 0.717) is 0 Å². The quantitative estimate of drug-likeness (QED) is 0.897. The summed E-state index contributed by atoms with van der Waals surface area (Å²) in [5, 5.41) is 12.4. The lowest BCUT2D eigenvalue weighted by molar-refractivity contribution is 0.113. The largest absolute Gasteiger partial charge is 0.369 e. The molecule has 0 spiro atoms. The first-order chi connectivity index (χ1) is 10.3. The molecule has 2 atom stereocenters. The third kappa shape index (κ3) is 3.20. The van der Waals surface area contributed by atoms with Crippen molar-refractivity contribution in [1.82, 2.24) is 10.2 Å². The summed E-state index contributed by atoms with van der Waals surface area (Å²) in [6.45, 7) is 9.14. The van der Waals surface area contributed by atoms with Crippen molar-refractivity contribution >= 4 is 5.69 Å². The number of hydrogen-bond donors (Lipinski definition) is 1. The molecule has 1 N–H and O–H groups in total. The molecular weight excluding hydrogens is 260 g/mol. The van der Waals surface area contributed by atoms with E-state index in [2.05, 4.69) is 40.2 Å². The van der Waals surface area contributed by atoms with Gasteiger partial charge < -0.3 is 10.2 Å².